The molecule has 1 aromatic carbocycles. The van der Waals surface area contributed by atoms with E-state index in [0.29, 0.717) is 11.3 Å². The first-order chi connectivity index (χ1) is 11.5. The van der Waals surface area contributed by atoms with Crippen molar-refractivity contribution in [3.63, 3.8) is 0 Å². The zero-order chi connectivity index (χ0) is 16.9. The molecule has 0 amide bonds. The molecule has 5 heteroatoms. The lowest BCUT2D eigenvalue weighted by Crippen LogP contribution is -2.48. The Kier molecular flexibility index (Phi) is 3.49. The highest BCUT2D eigenvalue weighted by Crippen LogP contribution is 2.56. The number of fused-ring (bicyclic) bond motifs is 2. The van der Waals surface area contributed by atoms with Crippen molar-refractivity contribution in [3.8, 4) is 11.5 Å². The van der Waals surface area contributed by atoms with Crippen LogP contribution < -0.4 is 0 Å². The van der Waals surface area contributed by atoms with Gasteiger partial charge in [-0.15, -0.1) is 0 Å². The van der Waals surface area contributed by atoms with Gasteiger partial charge in [0.15, 0.2) is 0 Å². The highest BCUT2D eigenvalue weighted by Gasteiger charge is 2.52. The molecule has 4 N–H and O–H groups in total. The van der Waals surface area contributed by atoms with E-state index in [0.717, 1.165) is 32.1 Å². The van der Waals surface area contributed by atoms with E-state index in [2.05, 4.69) is 0 Å². The van der Waals surface area contributed by atoms with Gasteiger partial charge in [0, 0.05) is 29.5 Å². The first-order valence-electron chi connectivity index (χ1n) is 8.51. The first kappa shape index (κ1) is 15.4. The zero-order valence-corrected chi connectivity index (χ0v) is 13.4. The fourth-order valence-electron chi connectivity index (χ4n) is 4.58. The Balaban J connectivity index is 1.80. The zero-order valence-electron chi connectivity index (χ0n) is 13.4. The minimum atomic E-state index is -0.752. The monoisotopic (exact) mass is 330 g/mol. The lowest BCUT2D eigenvalue weighted by atomic mass is 9.65. The second-order valence-corrected chi connectivity index (χ2v) is 7.11. The lowest BCUT2D eigenvalue weighted by Gasteiger charge is -2.51. The SMILES string of the molecule is OC1=CC(O)C2CC3CCCCC3(c3ccc(O)cc3O)OC2=C1. The van der Waals surface area contributed by atoms with Crippen LogP contribution in [-0.4, -0.2) is 26.5 Å². The van der Waals surface area contributed by atoms with Crippen LogP contribution in [0.25, 0.3) is 0 Å². The van der Waals surface area contributed by atoms with Crippen molar-refractivity contribution in [3.05, 3.63) is 47.4 Å². The first-order valence-corrected chi connectivity index (χ1v) is 8.51. The van der Waals surface area contributed by atoms with Crippen molar-refractivity contribution in [1.29, 1.82) is 0 Å². The molecule has 0 radical (unpaired) electrons. The van der Waals surface area contributed by atoms with Gasteiger partial charge in [0.2, 0.25) is 0 Å². The summed E-state index contributed by atoms with van der Waals surface area (Å²) >= 11 is 0. The Morgan fingerprint density at radius 2 is 1.96 bits per heavy atom. The molecule has 24 heavy (non-hydrogen) atoms. The van der Waals surface area contributed by atoms with E-state index in [9.17, 15) is 20.4 Å². The summed E-state index contributed by atoms with van der Waals surface area (Å²) in [5, 5.41) is 40.1. The van der Waals surface area contributed by atoms with E-state index < -0.39 is 11.7 Å². The molecule has 0 spiro atoms. The van der Waals surface area contributed by atoms with Crippen LogP contribution in [0.1, 0.15) is 37.7 Å². The molecule has 1 aromatic rings. The van der Waals surface area contributed by atoms with Gasteiger partial charge in [0.1, 0.15) is 28.6 Å². The molecule has 128 valence electrons. The molecule has 4 rings (SSSR count). The molecule has 3 aliphatic rings. The summed E-state index contributed by atoms with van der Waals surface area (Å²) < 4.78 is 6.39. The normalized spacial score (nSPS) is 35.1. The Bertz CT molecular complexity index is 722. The van der Waals surface area contributed by atoms with E-state index in [4.69, 9.17) is 4.74 Å². The van der Waals surface area contributed by atoms with Gasteiger partial charge in [-0.1, -0.05) is 6.42 Å². The van der Waals surface area contributed by atoms with Crippen LogP contribution in [0.4, 0.5) is 0 Å². The fraction of sp³-hybridized carbons (Fsp3) is 0.474. The van der Waals surface area contributed by atoms with Crippen LogP contribution >= 0.6 is 0 Å². The number of aliphatic hydroxyl groups is 2. The number of hydrogen-bond acceptors (Lipinski definition) is 5. The maximum Gasteiger partial charge on any atom is 0.140 e. The summed E-state index contributed by atoms with van der Waals surface area (Å²) in [6, 6.07) is 4.62. The largest absolute Gasteiger partial charge is 0.508 e. The van der Waals surface area contributed by atoms with E-state index in [1.165, 1.54) is 12.1 Å². The van der Waals surface area contributed by atoms with Gasteiger partial charge in [0.25, 0.3) is 0 Å². The van der Waals surface area contributed by atoms with Gasteiger partial charge >= 0.3 is 0 Å². The Hall–Kier alpha value is -2.14. The highest BCUT2D eigenvalue weighted by molar-refractivity contribution is 5.44. The minimum Gasteiger partial charge on any atom is -0.508 e. The number of rotatable bonds is 1. The summed E-state index contributed by atoms with van der Waals surface area (Å²) in [7, 11) is 0. The minimum absolute atomic E-state index is 0.00749. The van der Waals surface area contributed by atoms with Gasteiger partial charge in [-0.3, -0.25) is 0 Å². The fourth-order valence-corrected chi connectivity index (χ4v) is 4.58. The average Bonchev–Trinajstić information content (AvgIpc) is 2.52. The Morgan fingerprint density at radius 1 is 1.12 bits per heavy atom. The Labute approximate surface area is 140 Å². The molecule has 2 aliphatic carbocycles. The van der Waals surface area contributed by atoms with E-state index in [1.54, 1.807) is 18.2 Å². The molecule has 1 saturated heterocycles. The molecule has 2 fully saturated rings. The third-order valence-electron chi connectivity index (χ3n) is 5.70. The number of aliphatic hydroxyl groups excluding tert-OH is 2. The lowest BCUT2D eigenvalue weighted by molar-refractivity contribution is -0.138. The molecule has 1 aliphatic heterocycles. The number of aromatic hydroxyl groups is 2. The topological polar surface area (TPSA) is 90.2 Å². The molecule has 5 nitrogen and oxygen atoms in total. The molecule has 4 unspecified atom stereocenters. The van der Waals surface area contributed by atoms with Crippen molar-refractivity contribution in [2.45, 2.75) is 43.8 Å². The molecular formula is C19H22O5. The van der Waals surface area contributed by atoms with Crippen molar-refractivity contribution in [1.82, 2.24) is 0 Å². The van der Waals surface area contributed by atoms with Crippen LogP contribution in [0.5, 0.6) is 11.5 Å². The number of ether oxygens (including phenoxy) is 1. The average molecular weight is 330 g/mol. The molecular weight excluding hydrogens is 308 g/mol. The van der Waals surface area contributed by atoms with Gasteiger partial charge in [-0.25, -0.2) is 0 Å². The van der Waals surface area contributed by atoms with Crippen molar-refractivity contribution in [2.24, 2.45) is 11.8 Å². The molecule has 4 atom stereocenters. The Morgan fingerprint density at radius 3 is 2.75 bits per heavy atom. The summed E-state index contributed by atoms with van der Waals surface area (Å²) in [5.41, 5.74) is 0.00304. The van der Waals surface area contributed by atoms with Gasteiger partial charge in [0.05, 0.1) is 6.10 Å². The number of phenolic OH excluding ortho intramolecular Hbond substituents is 2. The van der Waals surface area contributed by atoms with Crippen molar-refractivity contribution in [2.75, 3.05) is 0 Å². The smallest absolute Gasteiger partial charge is 0.140 e. The predicted molar refractivity (Wildman–Crippen MR) is 87.4 cm³/mol. The van der Waals surface area contributed by atoms with Crippen LogP contribution in [0.2, 0.25) is 0 Å². The number of benzene rings is 1. The van der Waals surface area contributed by atoms with E-state index in [-0.39, 0.29) is 29.1 Å². The second-order valence-electron chi connectivity index (χ2n) is 7.11. The quantitative estimate of drug-likeness (QED) is 0.635. The van der Waals surface area contributed by atoms with Gasteiger partial charge in [-0.05, 0) is 43.9 Å². The molecule has 1 heterocycles. The standard InChI is InChI=1S/C19H22O5/c20-12-4-5-15(17(23)8-12)19-6-2-1-3-11(19)7-14-16(22)9-13(21)10-18(14)24-19/h4-5,8-11,14,16,20-23H,1-3,6-7H2. The van der Waals surface area contributed by atoms with E-state index in [1.807, 2.05) is 0 Å². The van der Waals surface area contributed by atoms with Crippen LogP contribution in [0.3, 0.4) is 0 Å². The third kappa shape index (κ3) is 2.26. The third-order valence-corrected chi connectivity index (χ3v) is 5.70. The molecule has 0 bridgehead atoms. The van der Waals surface area contributed by atoms with Crippen LogP contribution in [-0.2, 0) is 10.3 Å². The van der Waals surface area contributed by atoms with Gasteiger partial charge < -0.3 is 25.2 Å². The van der Waals surface area contributed by atoms with Crippen LogP contribution in [0.15, 0.2) is 41.9 Å². The number of hydrogen-bond donors (Lipinski definition) is 4. The molecule has 0 aromatic heterocycles. The summed E-state index contributed by atoms with van der Waals surface area (Å²) in [4.78, 5) is 0. The number of allylic oxidation sites excluding steroid dienone is 1. The van der Waals surface area contributed by atoms with E-state index >= 15 is 0 Å². The second kappa shape index (κ2) is 5.45. The number of phenols is 2. The highest BCUT2D eigenvalue weighted by atomic mass is 16.5. The maximum atomic E-state index is 10.4. The summed E-state index contributed by atoms with van der Waals surface area (Å²) in [5.74, 6) is 0.642. The summed E-state index contributed by atoms with van der Waals surface area (Å²) in [6.45, 7) is 0. The predicted octanol–water partition coefficient (Wildman–Crippen LogP) is 3.22. The molecule has 1 saturated carbocycles. The van der Waals surface area contributed by atoms with Crippen molar-refractivity contribution >= 4 is 0 Å². The van der Waals surface area contributed by atoms with Crippen LogP contribution in [0, 0.1) is 11.8 Å². The van der Waals surface area contributed by atoms with Crippen molar-refractivity contribution < 1.29 is 25.2 Å². The maximum absolute atomic E-state index is 10.4. The van der Waals surface area contributed by atoms with Gasteiger partial charge in [-0.2, -0.15) is 0 Å². The summed E-state index contributed by atoms with van der Waals surface area (Å²) in [6.07, 6.45) is 6.83.